The average Bonchev–Trinajstić information content (AvgIpc) is 1.57. The van der Waals surface area contributed by atoms with Crippen molar-refractivity contribution >= 4 is 0 Å². The topological polar surface area (TPSA) is 132 Å². The second-order valence-corrected chi connectivity index (χ2v) is 27.3. The van der Waals surface area contributed by atoms with E-state index in [0.29, 0.717) is 102 Å². The molecule has 0 amide bonds. The molecule has 0 saturated heterocycles. The van der Waals surface area contributed by atoms with Crippen LogP contribution in [0.5, 0.6) is 0 Å². The molecule has 0 saturated carbocycles. The smallest absolute Gasteiger partial charge is 0.248 e. The van der Waals surface area contributed by atoms with Gasteiger partial charge in [0, 0.05) is 18.2 Å². The predicted octanol–water partition coefficient (Wildman–Crippen LogP) is 18.3. The van der Waals surface area contributed by atoms with Crippen LogP contribution in [-0.4, -0.2) is 27.4 Å². The van der Waals surface area contributed by atoms with Gasteiger partial charge in [0.05, 0.1) is 136 Å². The van der Waals surface area contributed by atoms with Gasteiger partial charge >= 0.3 is 33.4 Å². The van der Waals surface area contributed by atoms with Crippen LogP contribution in [0.4, 0.5) is 0 Å². The number of rotatable bonds is 15. The van der Waals surface area contributed by atoms with Gasteiger partial charge in [0.15, 0.2) is 0 Å². The molecule has 0 fully saturated rings. The third kappa shape index (κ3) is 11.0. The summed E-state index contributed by atoms with van der Waals surface area (Å²) in [6.07, 6.45) is 0. The molecule has 12 heteroatoms. The zero-order valence-corrected chi connectivity index (χ0v) is 59.5. The van der Waals surface area contributed by atoms with Crippen LogP contribution >= 0.6 is 0 Å². The molecule has 0 bridgehead atoms. The fraction of sp³-hybridized carbons (Fsp3) is 0. The van der Waals surface area contributed by atoms with Gasteiger partial charge in [0.25, 0.3) is 0 Å². The summed E-state index contributed by atoms with van der Waals surface area (Å²) in [7, 11) is 0. The van der Waals surface area contributed by atoms with Gasteiger partial charge in [-0.3, -0.25) is 0 Å². The number of benzene rings is 7. The lowest BCUT2D eigenvalue weighted by atomic mass is 9.75. The summed E-state index contributed by atoms with van der Waals surface area (Å²) in [6.45, 7) is 0. The van der Waals surface area contributed by atoms with Crippen molar-refractivity contribution < 1.29 is 0 Å². The first-order chi connectivity index (χ1) is 54.7. The highest BCUT2D eigenvalue weighted by Gasteiger charge is 2.48. The Morgan fingerprint density at radius 3 is 0.423 bits per heavy atom. The molecular formula is C99H63N6O6+3. The van der Waals surface area contributed by atoms with Crippen LogP contribution in [-0.2, 0) is 0 Å². The molecule has 6 aliphatic heterocycles. The van der Waals surface area contributed by atoms with E-state index in [0.717, 1.165) is 0 Å². The van der Waals surface area contributed by atoms with Crippen molar-refractivity contribution in [2.45, 2.75) is 0 Å². The van der Waals surface area contributed by atoms with Crippen molar-refractivity contribution in [1.29, 1.82) is 0 Å². The van der Waals surface area contributed by atoms with Crippen LogP contribution < -0.4 is 33.4 Å². The summed E-state index contributed by atoms with van der Waals surface area (Å²) in [5, 5.41) is 0. The molecule has 522 valence electrons. The van der Waals surface area contributed by atoms with Crippen molar-refractivity contribution in [2.75, 3.05) is 0 Å². The van der Waals surface area contributed by atoms with Crippen molar-refractivity contribution in [3.63, 3.8) is 0 Å². The zero-order valence-electron chi connectivity index (χ0n) is 59.5. The van der Waals surface area contributed by atoms with Gasteiger partial charge < -0.3 is 0 Å². The number of para-hydroxylation sites is 6. The van der Waals surface area contributed by atoms with Gasteiger partial charge in [-0.2, -0.15) is 0 Å². The van der Waals surface area contributed by atoms with E-state index >= 15 is 28.8 Å². The van der Waals surface area contributed by atoms with Gasteiger partial charge in [0.1, 0.15) is 33.4 Å². The average molecular weight is 1430 g/mol. The molecule has 6 heterocycles. The normalized spacial score (nSPS) is 11.5. The number of aromatic nitrogens is 6. The first kappa shape index (κ1) is 66.4. The summed E-state index contributed by atoms with van der Waals surface area (Å²) in [6, 6.07) is 118. The van der Waals surface area contributed by atoms with Gasteiger partial charge in [-0.25, -0.2) is 56.2 Å². The molecule has 0 N–H and O–H groups in total. The van der Waals surface area contributed by atoms with Crippen molar-refractivity contribution in [3.05, 3.63) is 512 Å². The van der Waals surface area contributed by atoms with E-state index in [1.54, 1.807) is 27.4 Å². The first-order valence-corrected chi connectivity index (χ1v) is 36.7. The van der Waals surface area contributed by atoms with Crippen LogP contribution in [0, 0.1) is 17.8 Å². The second kappa shape index (κ2) is 27.6. The van der Waals surface area contributed by atoms with Crippen molar-refractivity contribution in [2.24, 2.45) is 0 Å². The molecule has 6 aliphatic carbocycles. The highest BCUT2D eigenvalue weighted by Crippen LogP contribution is 2.50. The Bertz CT molecular complexity index is 5860. The minimum Gasteiger partial charge on any atom is -0.248 e. The molecular weight excluding hydrogens is 1370 g/mol. The summed E-state index contributed by atoms with van der Waals surface area (Å²) in [5.74, 6) is 0.515. The zero-order chi connectivity index (χ0) is 74.8. The number of fused-ring (bicyclic) bond motifs is 6. The third-order valence-electron chi connectivity index (χ3n) is 21.0. The van der Waals surface area contributed by atoms with E-state index in [2.05, 4.69) is 0 Å². The molecule has 0 aromatic heterocycles. The lowest BCUT2D eigenvalue weighted by molar-refractivity contribution is 1.00. The summed E-state index contributed by atoms with van der Waals surface area (Å²) < 4.78 is 10.00. The minimum absolute atomic E-state index is 0.135. The Labute approximate surface area is 637 Å². The van der Waals surface area contributed by atoms with Gasteiger partial charge in [0.2, 0.25) is 0 Å². The SMILES string of the molecule is O=c1c([C+](c2cc([C+](c3c4cccccc-4n(-c4ccccc4)c3=O)c3c4cccccc-4n(-c4ccccc4)c3=O)cc([C+](c3c4cccccc-4n(-c4ccccc4)c3=O)c3c4cccccc-4n(-c4ccccc4)c3=O)c2)c2c3cccccc-3n(-c3ccccc3)c2=O)c2cccccc-2n1-c1ccccc1. The lowest BCUT2D eigenvalue weighted by Gasteiger charge is -2.19. The lowest BCUT2D eigenvalue weighted by Crippen LogP contribution is -2.27. The fourth-order valence-electron chi connectivity index (χ4n) is 16.4. The molecule has 7 aromatic rings. The third-order valence-corrected chi connectivity index (χ3v) is 21.0. The standard InChI is InChI=1S/C99H63N6O6/c106-94-88(73-49-25-7-31-55-79(73)100(94)67-37-13-1-14-38-67)85(89-74-50-26-8-32-56-80(74)101(95(89)107)68-39-15-2-16-40-68)64-61-65(86(90-75-51-27-9-33-57-81(75)102(96(90)108)69-41-17-3-18-42-69)91-76-52-28-10-34-58-82(76)103(97(91)109)70-43-19-4-20-44-70)63-66(62-64)87(92-77-53-29-11-35-59-83(77)104(98(92)110)71-45-21-5-22-46-71)93-78-54-30-12-36-60-84(78)105(99(93)111)72-47-23-6-24-48-72/h1-63H/q+3. The molecule has 0 unspecified atom stereocenters. The Morgan fingerprint density at radius 2 is 0.279 bits per heavy atom. The highest BCUT2D eigenvalue weighted by atomic mass is 16.2. The summed E-state index contributed by atoms with van der Waals surface area (Å²) in [5.41, 5.74) is 8.03. The summed E-state index contributed by atoms with van der Waals surface area (Å²) in [4.78, 5) is 103. The van der Waals surface area contributed by atoms with E-state index < -0.39 is 33.4 Å². The molecule has 12 aliphatic rings. The molecule has 111 heavy (non-hydrogen) atoms. The fourth-order valence-corrected chi connectivity index (χ4v) is 16.4. The largest absolute Gasteiger partial charge is 0.312 e. The first-order valence-electron chi connectivity index (χ1n) is 36.7. The number of hydrogen-bond donors (Lipinski definition) is 0. The van der Waals surface area contributed by atoms with Gasteiger partial charge in [-0.15, -0.1) is 0 Å². The Balaban J connectivity index is 1.06. The maximum atomic E-state index is 17.2. The Morgan fingerprint density at radius 1 is 0.153 bits per heavy atom. The predicted molar refractivity (Wildman–Crippen MR) is 440 cm³/mol. The Hall–Kier alpha value is -15.3. The quantitative estimate of drug-likeness (QED) is 0.0939. The minimum atomic E-state index is -0.473. The molecule has 19 rings (SSSR count). The van der Waals surface area contributed by atoms with Gasteiger partial charge in [-0.05, 0) is 146 Å². The van der Waals surface area contributed by atoms with Gasteiger partial charge in [-0.1, -0.05) is 218 Å². The molecule has 0 atom stereocenters. The van der Waals surface area contributed by atoms with E-state index in [9.17, 15) is 0 Å². The highest BCUT2D eigenvalue weighted by molar-refractivity contribution is 5.88. The maximum Gasteiger partial charge on any atom is 0.312 e. The van der Waals surface area contributed by atoms with E-state index in [4.69, 9.17) is 0 Å². The van der Waals surface area contributed by atoms with E-state index in [1.165, 1.54) is 0 Å². The van der Waals surface area contributed by atoms with E-state index in [1.807, 2.05) is 382 Å². The van der Waals surface area contributed by atoms with Crippen LogP contribution in [0.3, 0.4) is 0 Å². The monoisotopic (exact) mass is 1430 g/mol. The molecule has 0 radical (unpaired) electrons. The molecule has 7 aromatic carbocycles. The molecule has 0 spiro atoms. The van der Waals surface area contributed by atoms with Crippen LogP contribution in [0.1, 0.15) is 50.1 Å². The second-order valence-electron chi connectivity index (χ2n) is 27.3. The number of nitrogens with zero attached hydrogens (tertiary/aromatic N) is 6. The Kier molecular flexibility index (Phi) is 16.5. The van der Waals surface area contributed by atoms with E-state index in [-0.39, 0.29) is 67.8 Å². The number of hydrogen-bond acceptors (Lipinski definition) is 6. The van der Waals surface area contributed by atoms with Crippen LogP contribution in [0.2, 0.25) is 0 Å². The van der Waals surface area contributed by atoms with Crippen LogP contribution in [0.15, 0.2) is 411 Å². The van der Waals surface area contributed by atoms with Crippen LogP contribution in [0.25, 0.3) is 102 Å². The molecule has 12 nitrogen and oxygen atoms in total. The van der Waals surface area contributed by atoms with Crippen molar-refractivity contribution in [3.8, 4) is 102 Å². The van der Waals surface area contributed by atoms with Crippen molar-refractivity contribution in [1.82, 2.24) is 27.4 Å². The summed E-state index contributed by atoms with van der Waals surface area (Å²) >= 11 is 0. The maximum absolute atomic E-state index is 17.2.